The summed E-state index contributed by atoms with van der Waals surface area (Å²) in [6.45, 7) is 3.28. The van der Waals surface area contributed by atoms with Crippen molar-refractivity contribution >= 4 is 15.8 Å². The molecule has 0 saturated carbocycles. The molecule has 19 heavy (non-hydrogen) atoms. The van der Waals surface area contributed by atoms with E-state index in [0.717, 1.165) is 5.69 Å². The maximum atomic E-state index is 11.6. The molecule has 0 radical (unpaired) electrons. The maximum Gasteiger partial charge on any atom is 0.214 e. The van der Waals surface area contributed by atoms with Crippen molar-refractivity contribution in [2.75, 3.05) is 30.7 Å². The van der Waals surface area contributed by atoms with Gasteiger partial charge in [-0.15, -0.1) is 0 Å². The van der Waals surface area contributed by atoms with Crippen molar-refractivity contribution in [1.29, 1.82) is 5.26 Å². The summed E-state index contributed by atoms with van der Waals surface area (Å²) in [5, 5.41) is 12.0. The Kier molecular flexibility index (Phi) is 4.02. The van der Waals surface area contributed by atoms with Gasteiger partial charge in [-0.1, -0.05) is 0 Å². The largest absolute Gasteiger partial charge is 0.368 e. The first-order valence-corrected chi connectivity index (χ1v) is 7.73. The molecule has 2 rings (SSSR count). The highest BCUT2D eigenvalue weighted by atomic mass is 32.2. The van der Waals surface area contributed by atoms with Crippen LogP contribution in [0.3, 0.4) is 0 Å². The zero-order chi connectivity index (χ0) is 13.9. The van der Waals surface area contributed by atoms with Crippen LogP contribution in [0.2, 0.25) is 0 Å². The van der Waals surface area contributed by atoms with Crippen molar-refractivity contribution in [3.63, 3.8) is 0 Å². The summed E-state index contributed by atoms with van der Waals surface area (Å²) in [7, 11) is -3.06. The minimum Gasteiger partial charge on any atom is -0.368 e. The first kappa shape index (κ1) is 13.8. The van der Waals surface area contributed by atoms with Crippen LogP contribution in [0.25, 0.3) is 0 Å². The molecule has 1 aliphatic rings. The van der Waals surface area contributed by atoms with Gasteiger partial charge in [0.25, 0.3) is 0 Å². The van der Waals surface area contributed by atoms with E-state index in [1.807, 2.05) is 6.92 Å². The van der Waals surface area contributed by atoms with Crippen LogP contribution < -0.4 is 5.32 Å². The molecule has 102 valence electrons. The number of nitriles is 1. The molecular formula is C12H16N4O2S. The fourth-order valence-electron chi connectivity index (χ4n) is 2.02. The van der Waals surface area contributed by atoms with Gasteiger partial charge >= 0.3 is 0 Å². The fourth-order valence-corrected chi connectivity index (χ4v) is 3.55. The van der Waals surface area contributed by atoms with Crippen molar-refractivity contribution in [3.05, 3.63) is 23.4 Å². The first-order chi connectivity index (χ1) is 9.03. The summed E-state index contributed by atoms with van der Waals surface area (Å²) in [5.74, 6) is 0.748. The zero-order valence-corrected chi connectivity index (χ0v) is 11.6. The lowest BCUT2D eigenvalue weighted by Crippen LogP contribution is -2.31. The lowest BCUT2D eigenvalue weighted by Gasteiger charge is -2.15. The van der Waals surface area contributed by atoms with Gasteiger partial charge in [0.15, 0.2) is 0 Å². The number of hydrogen-bond acceptors (Lipinski definition) is 5. The minimum absolute atomic E-state index is 0.235. The van der Waals surface area contributed by atoms with E-state index in [1.54, 1.807) is 12.1 Å². The number of nitrogens with zero attached hydrogens (tertiary/aromatic N) is 3. The highest BCUT2D eigenvalue weighted by molar-refractivity contribution is 7.89. The van der Waals surface area contributed by atoms with Crippen LogP contribution in [0.4, 0.5) is 5.82 Å². The van der Waals surface area contributed by atoms with Crippen LogP contribution in [-0.4, -0.2) is 43.1 Å². The van der Waals surface area contributed by atoms with Gasteiger partial charge < -0.3 is 5.32 Å². The van der Waals surface area contributed by atoms with E-state index in [0.29, 0.717) is 37.4 Å². The van der Waals surface area contributed by atoms with Gasteiger partial charge in [0.05, 0.1) is 11.3 Å². The molecule has 1 saturated heterocycles. The van der Waals surface area contributed by atoms with Crippen molar-refractivity contribution in [3.8, 4) is 6.07 Å². The number of nitrogens with one attached hydrogen (secondary N) is 1. The summed E-state index contributed by atoms with van der Waals surface area (Å²) in [6, 6.07) is 5.54. The van der Waals surface area contributed by atoms with Crippen LogP contribution in [0.15, 0.2) is 12.1 Å². The van der Waals surface area contributed by atoms with E-state index < -0.39 is 10.0 Å². The molecule has 0 unspecified atom stereocenters. The molecule has 0 aromatic carbocycles. The van der Waals surface area contributed by atoms with Gasteiger partial charge in [-0.05, 0) is 25.5 Å². The third-order valence-electron chi connectivity index (χ3n) is 3.01. The summed E-state index contributed by atoms with van der Waals surface area (Å²) < 4.78 is 24.7. The Morgan fingerprint density at radius 2 is 2.32 bits per heavy atom. The van der Waals surface area contributed by atoms with Gasteiger partial charge in [-0.25, -0.2) is 17.7 Å². The standard InChI is InChI=1S/C12H16N4O2S/c1-10-3-4-11(9-13)12(15-10)14-5-7-16-6-2-8-19(16,17)18/h3-4H,2,5-8H2,1H3,(H,14,15). The van der Waals surface area contributed by atoms with Gasteiger partial charge in [0, 0.05) is 25.3 Å². The molecule has 0 aliphatic carbocycles. The second-order valence-electron chi connectivity index (χ2n) is 4.46. The fraction of sp³-hybridized carbons (Fsp3) is 0.500. The topological polar surface area (TPSA) is 86.1 Å². The monoisotopic (exact) mass is 280 g/mol. The van der Waals surface area contributed by atoms with Gasteiger partial charge in [0.1, 0.15) is 11.9 Å². The van der Waals surface area contributed by atoms with E-state index in [1.165, 1.54) is 4.31 Å². The van der Waals surface area contributed by atoms with E-state index in [9.17, 15) is 8.42 Å². The van der Waals surface area contributed by atoms with Crippen LogP contribution in [0.5, 0.6) is 0 Å². The Hall–Kier alpha value is -1.65. The molecule has 0 spiro atoms. The average Bonchev–Trinajstić information content (AvgIpc) is 2.69. The second-order valence-corrected chi connectivity index (χ2v) is 6.54. The zero-order valence-electron chi connectivity index (χ0n) is 10.8. The number of aryl methyl sites for hydroxylation is 1. The van der Waals surface area contributed by atoms with Crippen LogP contribution >= 0.6 is 0 Å². The normalized spacial score (nSPS) is 18.1. The van der Waals surface area contributed by atoms with Crippen LogP contribution in [-0.2, 0) is 10.0 Å². The number of rotatable bonds is 4. The number of pyridine rings is 1. The number of hydrogen-bond donors (Lipinski definition) is 1. The second kappa shape index (κ2) is 5.55. The third-order valence-corrected chi connectivity index (χ3v) is 4.97. The van der Waals surface area contributed by atoms with Crippen molar-refractivity contribution in [2.45, 2.75) is 13.3 Å². The highest BCUT2D eigenvalue weighted by Gasteiger charge is 2.27. The maximum absolute atomic E-state index is 11.6. The first-order valence-electron chi connectivity index (χ1n) is 6.12. The summed E-state index contributed by atoms with van der Waals surface area (Å²) >= 11 is 0. The van der Waals surface area contributed by atoms with Crippen molar-refractivity contribution in [2.24, 2.45) is 0 Å². The molecule has 1 aromatic rings. The van der Waals surface area contributed by atoms with Crippen LogP contribution in [0.1, 0.15) is 17.7 Å². The van der Waals surface area contributed by atoms with Gasteiger partial charge in [-0.3, -0.25) is 0 Å². The lowest BCUT2D eigenvalue weighted by molar-refractivity contribution is 0.456. The molecule has 2 heterocycles. The molecule has 0 amide bonds. The molecule has 7 heteroatoms. The van der Waals surface area contributed by atoms with E-state index in [-0.39, 0.29) is 5.75 Å². The summed E-state index contributed by atoms with van der Waals surface area (Å²) in [6.07, 6.45) is 0.689. The van der Waals surface area contributed by atoms with Gasteiger partial charge in [-0.2, -0.15) is 5.26 Å². The lowest BCUT2D eigenvalue weighted by atomic mass is 10.2. The smallest absolute Gasteiger partial charge is 0.214 e. The number of anilines is 1. The average molecular weight is 280 g/mol. The van der Waals surface area contributed by atoms with Gasteiger partial charge in [0.2, 0.25) is 10.0 Å². The molecular weight excluding hydrogens is 264 g/mol. The SMILES string of the molecule is Cc1ccc(C#N)c(NCCN2CCCS2(=O)=O)n1. The highest BCUT2D eigenvalue weighted by Crippen LogP contribution is 2.14. The van der Waals surface area contributed by atoms with Crippen molar-refractivity contribution in [1.82, 2.24) is 9.29 Å². The minimum atomic E-state index is -3.06. The predicted molar refractivity (Wildman–Crippen MR) is 72.2 cm³/mol. The molecule has 0 bridgehead atoms. The van der Waals surface area contributed by atoms with E-state index in [2.05, 4.69) is 16.4 Å². The Morgan fingerprint density at radius 3 is 2.95 bits per heavy atom. The molecule has 1 aromatic heterocycles. The quantitative estimate of drug-likeness (QED) is 0.877. The molecule has 1 N–H and O–H groups in total. The Morgan fingerprint density at radius 1 is 1.53 bits per heavy atom. The Balaban J connectivity index is 1.97. The molecule has 1 fully saturated rings. The van der Waals surface area contributed by atoms with Crippen molar-refractivity contribution < 1.29 is 8.42 Å². The van der Waals surface area contributed by atoms with Crippen LogP contribution in [0, 0.1) is 18.3 Å². The predicted octanol–water partition coefficient (Wildman–Crippen LogP) is 0.709. The number of aromatic nitrogens is 1. The Bertz CT molecular complexity index is 607. The number of sulfonamides is 1. The Labute approximate surface area is 113 Å². The van der Waals surface area contributed by atoms with E-state index >= 15 is 0 Å². The summed E-state index contributed by atoms with van der Waals surface area (Å²) in [5.41, 5.74) is 1.28. The molecule has 1 aliphatic heterocycles. The summed E-state index contributed by atoms with van der Waals surface area (Å²) in [4.78, 5) is 4.24. The molecule has 6 nitrogen and oxygen atoms in total. The third kappa shape index (κ3) is 3.22. The molecule has 0 atom stereocenters. The van der Waals surface area contributed by atoms with E-state index in [4.69, 9.17) is 5.26 Å².